The SMILES string of the molecule is CCN(Cc1c(F)cccc1F)C(=O)C1CCC(C(=O)O)CC1. The van der Waals surface area contributed by atoms with E-state index >= 15 is 0 Å². The zero-order chi connectivity index (χ0) is 17.0. The lowest BCUT2D eigenvalue weighted by atomic mass is 9.81. The first-order valence-electron chi connectivity index (χ1n) is 7.88. The minimum absolute atomic E-state index is 0.104. The molecule has 1 aromatic rings. The minimum atomic E-state index is -0.823. The van der Waals surface area contributed by atoms with E-state index in [2.05, 4.69) is 0 Å². The summed E-state index contributed by atoms with van der Waals surface area (Å²) in [5, 5.41) is 9.00. The van der Waals surface area contributed by atoms with E-state index in [1.165, 1.54) is 23.1 Å². The molecule has 0 saturated heterocycles. The number of aliphatic carboxylic acids is 1. The van der Waals surface area contributed by atoms with Gasteiger partial charge in [0.15, 0.2) is 0 Å². The quantitative estimate of drug-likeness (QED) is 0.904. The molecular weight excluding hydrogens is 304 g/mol. The first-order chi connectivity index (χ1) is 10.9. The largest absolute Gasteiger partial charge is 0.481 e. The summed E-state index contributed by atoms with van der Waals surface area (Å²) in [6.07, 6.45) is 1.95. The molecule has 1 saturated carbocycles. The average molecular weight is 325 g/mol. The fourth-order valence-corrected chi connectivity index (χ4v) is 3.07. The van der Waals surface area contributed by atoms with Crippen LogP contribution in [0.2, 0.25) is 0 Å². The third-order valence-corrected chi connectivity index (χ3v) is 4.53. The van der Waals surface area contributed by atoms with E-state index in [9.17, 15) is 18.4 Å². The number of rotatable bonds is 5. The Balaban J connectivity index is 2.03. The third kappa shape index (κ3) is 4.06. The number of hydrogen-bond donors (Lipinski definition) is 1. The van der Waals surface area contributed by atoms with Crippen LogP contribution in [-0.4, -0.2) is 28.4 Å². The van der Waals surface area contributed by atoms with Gasteiger partial charge in [0.1, 0.15) is 11.6 Å². The number of hydrogen-bond acceptors (Lipinski definition) is 2. The van der Waals surface area contributed by atoms with Gasteiger partial charge in [-0.2, -0.15) is 0 Å². The summed E-state index contributed by atoms with van der Waals surface area (Å²) in [5.74, 6) is -2.95. The Hall–Kier alpha value is -1.98. The van der Waals surface area contributed by atoms with Gasteiger partial charge in [-0.15, -0.1) is 0 Å². The second-order valence-electron chi connectivity index (χ2n) is 5.94. The molecule has 2 rings (SSSR count). The van der Waals surface area contributed by atoms with Crippen LogP contribution in [0.1, 0.15) is 38.2 Å². The number of halogens is 2. The Morgan fingerprint density at radius 3 is 2.13 bits per heavy atom. The molecule has 0 aliphatic heterocycles. The van der Waals surface area contributed by atoms with Crippen LogP contribution >= 0.6 is 0 Å². The van der Waals surface area contributed by atoms with Crippen molar-refractivity contribution < 1.29 is 23.5 Å². The van der Waals surface area contributed by atoms with Crippen molar-refractivity contribution >= 4 is 11.9 Å². The number of amides is 1. The van der Waals surface area contributed by atoms with Gasteiger partial charge >= 0.3 is 5.97 Å². The molecule has 1 aromatic carbocycles. The van der Waals surface area contributed by atoms with E-state index in [0.29, 0.717) is 32.2 Å². The fourth-order valence-electron chi connectivity index (χ4n) is 3.07. The van der Waals surface area contributed by atoms with Crippen molar-refractivity contribution in [3.63, 3.8) is 0 Å². The van der Waals surface area contributed by atoms with Crippen LogP contribution in [-0.2, 0) is 16.1 Å². The van der Waals surface area contributed by atoms with Gasteiger partial charge < -0.3 is 10.0 Å². The van der Waals surface area contributed by atoms with Gasteiger partial charge in [-0.1, -0.05) is 6.07 Å². The molecule has 4 nitrogen and oxygen atoms in total. The smallest absolute Gasteiger partial charge is 0.306 e. The summed E-state index contributed by atoms with van der Waals surface area (Å²) in [4.78, 5) is 25.0. The first-order valence-corrected chi connectivity index (χ1v) is 7.88. The van der Waals surface area contributed by atoms with E-state index in [-0.39, 0.29) is 23.9 Å². The van der Waals surface area contributed by atoms with Crippen LogP contribution in [0, 0.1) is 23.5 Å². The van der Waals surface area contributed by atoms with Crippen LogP contribution in [0.3, 0.4) is 0 Å². The molecule has 0 atom stereocenters. The molecule has 0 heterocycles. The van der Waals surface area contributed by atoms with Gasteiger partial charge in [0, 0.05) is 18.0 Å². The highest BCUT2D eigenvalue weighted by atomic mass is 19.1. The highest BCUT2D eigenvalue weighted by Crippen LogP contribution is 2.30. The highest BCUT2D eigenvalue weighted by molar-refractivity contribution is 5.79. The van der Waals surface area contributed by atoms with Crippen molar-refractivity contribution in [1.82, 2.24) is 4.90 Å². The van der Waals surface area contributed by atoms with Crippen LogP contribution in [0.25, 0.3) is 0 Å². The molecule has 0 unspecified atom stereocenters. The van der Waals surface area contributed by atoms with Gasteiger partial charge in [-0.05, 0) is 44.7 Å². The van der Waals surface area contributed by atoms with Gasteiger partial charge in [0.2, 0.25) is 5.91 Å². The molecule has 0 spiro atoms. The molecule has 1 N–H and O–H groups in total. The fraction of sp³-hybridized carbons (Fsp3) is 0.529. The van der Waals surface area contributed by atoms with Crippen LogP contribution in [0.5, 0.6) is 0 Å². The number of carbonyl (C=O) groups is 2. The second kappa shape index (κ2) is 7.53. The lowest BCUT2D eigenvalue weighted by Crippen LogP contribution is -2.38. The number of nitrogens with zero attached hydrogens (tertiary/aromatic N) is 1. The maximum atomic E-state index is 13.7. The van der Waals surface area contributed by atoms with Crippen molar-refractivity contribution in [3.8, 4) is 0 Å². The summed E-state index contributed by atoms with van der Waals surface area (Å²) in [6.45, 7) is 2.01. The van der Waals surface area contributed by atoms with Gasteiger partial charge in [0.25, 0.3) is 0 Å². The normalized spacial score (nSPS) is 21.0. The van der Waals surface area contributed by atoms with Crippen LogP contribution in [0.15, 0.2) is 18.2 Å². The topological polar surface area (TPSA) is 57.6 Å². The van der Waals surface area contributed by atoms with Crippen LogP contribution < -0.4 is 0 Å². The minimum Gasteiger partial charge on any atom is -0.481 e. The van der Waals surface area contributed by atoms with E-state index in [1.54, 1.807) is 6.92 Å². The van der Waals surface area contributed by atoms with Crippen molar-refractivity contribution in [2.45, 2.75) is 39.2 Å². The molecule has 1 aliphatic carbocycles. The molecule has 23 heavy (non-hydrogen) atoms. The Bertz CT molecular complexity index is 563. The zero-order valence-corrected chi connectivity index (χ0v) is 13.1. The number of carbonyl (C=O) groups excluding carboxylic acids is 1. The predicted octanol–water partition coefficient (Wildman–Crippen LogP) is 3.20. The van der Waals surface area contributed by atoms with Crippen molar-refractivity contribution in [1.29, 1.82) is 0 Å². The molecule has 6 heteroatoms. The molecular formula is C17H21F2NO3. The monoisotopic (exact) mass is 325 g/mol. The van der Waals surface area contributed by atoms with Gasteiger partial charge in [0.05, 0.1) is 12.5 Å². The number of carboxylic acid groups (broad SMARTS) is 1. The summed E-state index contributed by atoms with van der Waals surface area (Å²) in [7, 11) is 0. The van der Waals surface area contributed by atoms with E-state index in [1.807, 2.05) is 0 Å². The third-order valence-electron chi connectivity index (χ3n) is 4.53. The van der Waals surface area contributed by atoms with Crippen molar-refractivity contribution in [2.75, 3.05) is 6.54 Å². The Kier molecular flexibility index (Phi) is 5.69. The number of benzene rings is 1. The van der Waals surface area contributed by atoms with Gasteiger partial charge in [-0.3, -0.25) is 9.59 Å². The zero-order valence-electron chi connectivity index (χ0n) is 13.1. The molecule has 1 amide bonds. The molecule has 126 valence electrons. The lowest BCUT2D eigenvalue weighted by molar-refractivity contribution is -0.145. The second-order valence-corrected chi connectivity index (χ2v) is 5.94. The molecule has 1 aliphatic rings. The molecule has 1 fully saturated rings. The van der Waals surface area contributed by atoms with E-state index in [0.717, 1.165) is 0 Å². The number of carboxylic acids is 1. The predicted molar refractivity (Wildman–Crippen MR) is 80.5 cm³/mol. The Labute approximate surface area is 134 Å². The highest BCUT2D eigenvalue weighted by Gasteiger charge is 2.32. The van der Waals surface area contributed by atoms with Crippen molar-refractivity contribution in [2.24, 2.45) is 11.8 Å². The standard InChI is InChI=1S/C17H21F2NO3/c1-2-20(10-13-14(18)4-3-5-15(13)19)16(21)11-6-8-12(9-7-11)17(22)23/h3-5,11-12H,2,6-10H2,1H3,(H,22,23). The molecule has 0 aromatic heterocycles. The summed E-state index contributed by atoms with van der Waals surface area (Å²) in [5.41, 5.74) is -0.109. The van der Waals surface area contributed by atoms with E-state index < -0.39 is 23.5 Å². The summed E-state index contributed by atoms with van der Waals surface area (Å²) >= 11 is 0. The Morgan fingerprint density at radius 2 is 1.65 bits per heavy atom. The Morgan fingerprint density at radius 1 is 1.13 bits per heavy atom. The maximum absolute atomic E-state index is 13.7. The summed E-state index contributed by atoms with van der Waals surface area (Å²) < 4.78 is 27.5. The van der Waals surface area contributed by atoms with E-state index in [4.69, 9.17) is 5.11 Å². The molecule has 0 bridgehead atoms. The summed E-state index contributed by atoms with van der Waals surface area (Å²) in [6, 6.07) is 3.64. The average Bonchev–Trinajstić information content (AvgIpc) is 2.54. The lowest BCUT2D eigenvalue weighted by Gasteiger charge is -2.30. The first kappa shape index (κ1) is 17.4. The molecule has 0 radical (unpaired) electrons. The van der Waals surface area contributed by atoms with Crippen LogP contribution in [0.4, 0.5) is 8.78 Å². The maximum Gasteiger partial charge on any atom is 0.306 e. The van der Waals surface area contributed by atoms with Crippen molar-refractivity contribution in [3.05, 3.63) is 35.4 Å². The van der Waals surface area contributed by atoms with Gasteiger partial charge in [-0.25, -0.2) is 8.78 Å².